The summed E-state index contributed by atoms with van der Waals surface area (Å²) >= 11 is 3.43. The number of rotatable bonds is 18. The summed E-state index contributed by atoms with van der Waals surface area (Å²) in [6, 6.07) is 12.5. The summed E-state index contributed by atoms with van der Waals surface area (Å²) in [5.41, 5.74) is 4.73. The third-order valence-electron chi connectivity index (χ3n) is 6.36. The van der Waals surface area contributed by atoms with Gasteiger partial charge in [-0.3, -0.25) is 4.79 Å². The highest BCUT2D eigenvalue weighted by Gasteiger charge is 2.11. The second kappa shape index (κ2) is 18.7. The third kappa shape index (κ3) is 13.6. The zero-order valence-corrected chi connectivity index (χ0v) is 24.2. The van der Waals surface area contributed by atoms with Crippen LogP contribution in [0.2, 0.25) is 0 Å². The summed E-state index contributed by atoms with van der Waals surface area (Å²) in [6.07, 6.45) is 18.6. The van der Waals surface area contributed by atoms with Crippen molar-refractivity contribution in [2.24, 2.45) is 5.10 Å². The number of halogens is 1. The first kappa shape index (κ1) is 30.8. The van der Waals surface area contributed by atoms with Crippen LogP contribution in [0.3, 0.4) is 0 Å². The van der Waals surface area contributed by atoms with E-state index >= 15 is 0 Å². The predicted octanol–water partition coefficient (Wildman–Crippen LogP) is 8.91. The number of hydrazone groups is 1. The van der Waals surface area contributed by atoms with E-state index in [-0.39, 0.29) is 5.91 Å². The molecule has 0 saturated heterocycles. The van der Waals surface area contributed by atoms with Crippen molar-refractivity contribution in [3.05, 3.63) is 63.6 Å². The number of amides is 1. The molecule has 0 radical (unpaired) electrons. The second-order valence-corrected chi connectivity index (χ2v) is 10.6. The fourth-order valence-corrected chi connectivity index (χ4v) is 4.47. The van der Waals surface area contributed by atoms with Crippen LogP contribution < -0.4 is 10.2 Å². The first-order valence-corrected chi connectivity index (χ1v) is 14.7. The van der Waals surface area contributed by atoms with Gasteiger partial charge in [-0.25, -0.2) is 10.2 Å². The summed E-state index contributed by atoms with van der Waals surface area (Å²) < 4.78 is 6.39. The molecule has 1 N–H and O–H groups in total. The normalized spacial score (nSPS) is 11.1. The van der Waals surface area contributed by atoms with Crippen LogP contribution in [-0.4, -0.2) is 18.1 Å². The molecule has 1 amide bonds. The molecule has 0 bridgehead atoms. The highest BCUT2D eigenvalue weighted by molar-refractivity contribution is 9.10. The standard InChI is InChI=1S/C31H43BrN2O3/c1-3-4-5-6-7-8-9-10-11-12-13-14-15-16-30(35)34-33-24-27-23-28(32)21-22-29(27)37-31(36)26-19-17-25(2)18-20-26/h17-24H,3-16H2,1-2H3,(H,34,35)/b33-24+. The van der Waals surface area contributed by atoms with Gasteiger partial charge in [-0.1, -0.05) is 118 Å². The van der Waals surface area contributed by atoms with Crippen molar-refractivity contribution in [1.82, 2.24) is 5.43 Å². The molecule has 5 nitrogen and oxygen atoms in total. The molecule has 0 aliphatic rings. The Labute approximate surface area is 231 Å². The van der Waals surface area contributed by atoms with Crippen molar-refractivity contribution >= 4 is 34.0 Å². The third-order valence-corrected chi connectivity index (χ3v) is 6.86. The van der Waals surface area contributed by atoms with E-state index in [2.05, 4.69) is 33.4 Å². The number of esters is 1. The molecular weight excluding hydrogens is 528 g/mol. The van der Waals surface area contributed by atoms with Gasteiger partial charge in [-0.05, 0) is 43.7 Å². The smallest absolute Gasteiger partial charge is 0.343 e. The second-order valence-electron chi connectivity index (χ2n) is 9.72. The number of hydrogen-bond acceptors (Lipinski definition) is 4. The van der Waals surface area contributed by atoms with Gasteiger partial charge >= 0.3 is 5.97 Å². The average Bonchev–Trinajstić information content (AvgIpc) is 2.88. The maximum atomic E-state index is 12.5. The Bertz CT molecular complexity index is 973. The number of nitrogens with one attached hydrogen (secondary N) is 1. The molecule has 37 heavy (non-hydrogen) atoms. The van der Waals surface area contributed by atoms with E-state index in [9.17, 15) is 9.59 Å². The van der Waals surface area contributed by atoms with Crippen molar-refractivity contribution in [3.63, 3.8) is 0 Å². The topological polar surface area (TPSA) is 67.8 Å². The van der Waals surface area contributed by atoms with Crippen molar-refractivity contribution in [2.75, 3.05) is 0 Å². The molecule has 2 rings (SSSR count). The number of hydrogen-bond donors (Lipinski definition) is 1. The van der Waals surface area contributed by atoms with Crippen LogP contribution in [0, 0.1) is 6.92 Å². The minimum Gasteiger partial charge on any atom is -0.422 e. The van der Waals surface area contributed by atoms with E-state index in [4.69, 9.17) is 4.74 Å². The van der Waals surface area contributed by atoms with Crippen LogP contribution in [0.4, 0.5) is 0 Å². The molecule has 0 aliphatic carbocycles. The van der Waals surface area contributed by atoms with Crippen LogP contribution in [0.15, 0.2) is 52.0 Å². The molecule has 202 valence electrons. The fraction of sp³-hybridized carbons (Fsp3) is 0.516. The number of carbonyl (C=O) groups is 2. The lowest BCUT2D eigenvalue weighted by molar-refractivity contribution is -0.121. The van der Waals surface area contributed by atoms with E-state index < -0.39 is 5.97 Å². The van der Waals surface area contributed by atoms with Crippen LogP contribution >= 0.6 is 15.9 Å². The molecule has 0 aliphatic heterocycles. The van der Waals surface area contributed by atoms with E-state index in [1.807, 2.05) is 19.1 Å². The molecule has 2 aromatic carbocycles. The van der Waals surface area contributed by atoms with Gasteiger partial charge in [-0.15, -0.1) is 0 Å². The van der Waals surface area contributed by atoms with Gasteiger partial charge in [0, 0.05) is 16.5 Å². The van der Waals surface area contributed by atoms with Gasteiger partial charge in [0.15, 0.2) is 0 Å². The van der Waals surface area contributed by atoms with Crippen LogP contribution in [-0.2, 0) is 4.79 Å². The lowest BCUT2D eigenvalue weighted by atomic mass is 10.0. The monoisotopic (exact) mass is 570 g/mol. The summed E-state index contributed by atoms with van der Waals surface area (Å²) in [6.45, 7) is 4.22. The number of unbranched alkanes of at least 4 members (excludes halogenated alkanes) is 12. The fourth-order valence-electron chi connectivity index (χ4n) is 4.09. The highest BCUT2D eigenvalue weighted by atomic mass is 79.9. The molecule has 2 aromatic rings. The molecule has 0 unspecified atom stereocenters. The quantitative estimate of drug-likeness (QED) is 0.0639. The molecule has 0 fully saturated rings. The van der Waals surface area contributed by atoms with Crippen molar-refractivity contribution in [3.8, 4) is 5.75 Å². The van der Waals surface area contributed by atoms with E-state index in [0.717, 1.165) is 22.9 Å². The highest BCUT2D eigenvalue weighted by Crippen LogP contribution is 2.23. The molecule has 0 spiro atoms. The van der Waals surface area contributed by atoms with E-state index in [0.29, 0.717) is 23.3 Å². The Morgan fingerprint density at radius 3 is 2.00 bits per heavy atom. The molecular formula is C31H43BrN2O3. The Morgan fingerprint density at radius 1 is 0.838 bits per heavy atom. The largest absolute Gasteiger partial charge is 0.422 e. The van der Waals surface area contributed by atoms with E-state index in [1.165, 1.54) is 76.8 Å². The number of benzene rings is 2. The van der Waals surface area contributed by atoms with Crippen LogP contribution in [0.25, 0.3) is 0 Å². The van der Waals surface area contributed by atoms with Crippen LogP contribution in [0.5, 0.6) is 5.75 Å². The van der Waals surface area contributed by atoms with Gasteiger partial charge in [-0.2, -0.15) is 5.10 Å². The summed E-state index contributed by atoms with van der Waals surface area (Å²) in [7, 11) is 0. The molecule has 6 heteroatoms. The number of carbonyl (C=O) groups excluding carboxylic acids is 2. The van der Waals surface area contributed by atoms with Crippen molar-refractivity contribution in [2.45, 2.75) is 104 Å². The SMILES string of the molecule is CCCCCCCCCCCCCCCC(=O)N/N=C/c1cc(Br)ccc1OC(=O)c1ccc(C)cc1. The summed E-state index contributed by atoms with van der Waals surface area (Å²) in [5, 5.41) is 4.08. The average molecular weight is 572 g/mol. The zero-order valence-electron chi connectivity index (χ0n) is 22.6. The Kier molecular flexibility index (Phi) is 15.6. The lowest BCUT2D eigenvalue weighted by Gasteiger charge is -2.08. The Balaban J connectivity index is 1.63. The number of nitrogens with zero attached hydrogens (tertiary/aromatic N) is 1. The van der Waals surface area contributed by atoms with Gasteiger partial charge < -0.3 is 4.74 Å². The summed E-state index contributed by atoms with van der Waals surface area (Å²) in [5.74, 6) is -0.167. The lowest BCUT2D eigenvalue weighted by Crippen LogP contribution is -2.17. The van der Waals surface area contributed by atoms with Crippen molar-refractivity contribution in [1.29, 1.82) is 0 Å². The number of ether oxygens (including phenoxy) is 1. The van der Waals surface area contributed by atoms with Gasteiger partial charge in [0.05, 0.1) is 11.8 Å². The van der Waals surface area contributed by atoms with Gasteiger partial charge in [0.1, 0.15) is 5.75 Å². The molecule has 0 saturated carbocycles. The minimum absolute atomic E-state index is 0.104. The number of aryl methyl sites for hydroxylation is 1. The maximum absolute atomic E-state index is 12.5. The van der Waals surface area contributed by atoms with E-state index in [1.54, 1.807) is 30.3 Å². The van der Waals surface area contributed by atoms with Gasteiger partial charge in [0.25, 0.3) is 0 Å². The predicted molar refractivity (Wildman–Crippen MR) is 156 cm³/mol. The Hall–Kier alpha value is -2.47. The molecule has 0 aromatic heterocycles. The minimum atomic E-state index is -0.441. The van der Waals surface area contributed by atoms with Gasteiger partial charge in [0.2, 0.25) is 5.91 Å². The van der Waals surface area contributed by atoms with Crippen LogP contribution in [0.1, 0.15) is 118 Å². The maximum Gasteiger partial charge on any atom is 0.343 e. The first-order chi connectivity index (χ1) is 18.0. The molecule has 0 heterocycles. The zero-order chi connectivity index (χ0) is 26.7. The first-order valence-electron chi connectivity index (χ1n) is 13.9. The Morgan fingerprint density at radius 2 is 1.41 bits per heavy atom. The molecule has 0 atom stereocenters. The summed E-state index contributed by atoms with van der Waals surface area (Å²) in [4.78, 5) is 24.7. The van der Waals surface area contributed by atoms with Crippen molar-refractivity contribution < 1.29 is 14.3 Å².